The van der Waals surface area contributed by atoms with Crippen LogP contribution in [-0.4, -0.2) is 5.78 Å². The normalized spacial score (nSPS) is 10.4. The molecular weight excluding hydrogens is 224 g/mol. The van der Waals surface area contributed by atoms with Crippen LogP contribution in [0.3, 0.4) is 0 Å². The van der Waals surface area contributed by atoms with Crippen LogP contribution in [0.25, 0.3) is 0 Å². The van der Waals surface area contributed by atoms with Crippen molar-refractivity contribution in [1.29, 1.82) is 10.5 Å². The smallest absolute Gasteiger partial charge is 0.168 e. The number of rotatable bonds is 6. The lowest BCUT2D eigenvalue weighted by Gasteiger charge is -2.26. The van der Waals surface area contributed by atoms with E-state index < -0.39 is 5.41 Å². The molecular formula is C15H16N2O. The summed E-state index contributed by atoms with van der Waals surface area (Å²) in [5.74, 6) is 0.0219. The minimum atomic E-state index is -0.618. The molecule has 0 radical (unpaired) electrons. The Labute approximate surface area is 108 Å². The first-order valence-corrected chi connectivity index (χ1v) is 5.98. The van der Waals surface area contributed by atoms with Crippen molar-refractivity contribution in [3.05, 3.63) is 35.9 Å². The molecule has 3 heteroatoms. The predicted octanol–water partition coefficient (Wildman–Crippen LogP) is 3.48. The van der Waals surface area contributed by atoms with Crippen molar-refractivity contribution < 1.29 is 4.79 Å². The number of nitriles is 2. The Morgan fingerprint density at radius 1 is 1.11 bits per heavy atom. The van der Waals surface area contributed by atoms with Crippen LogP contribution in [0.15, 0.2) is 30.3 Å². The fraction of sp³-hybridized carbons (Fsp3) is 0.400. The molecule has 1 aromatic carbocycles. The molecule has 0 aliphatic carbocycles. The molecule has 0 saturated heterocycles. The average molecular weight is 240 g/mol. The number of ketones is 1. The van der Waals surface area contributed by atoms with Crippen LogP contribution in [-0.2, 0) is 0 Å². The van der Waals surface area contributed by atoms with Crippen LogP contribution < -0.4 is 0 Å². The zero-order chi connectivity index (χ0) is 13.4. The van der Waals surface area contributed by atoms with Gasteiger partial charge < -0.3 is 0 Å². The summed E-state index contributed by atoms with van der Waals surface area (Å²) in [6, 6.07) is 13.2. The molecule has 0 saturated carbocycles. The van der Waals surface area contributed by atoms with Gasteiger partial charge in [0, 0.05) is 23.8 Å². The van der Waals surface area contributed by atoms with Gasteiger partial charge in [-0.3, -0.25) is 4.79 Å². The van der Waals surface area contributed by atoms with Gasteiger partial charge in [-0.1, -0.05) is 37.3 Å². The van der Waals surface area contributed by atoms with E-state index in [1.54, 1.807) is 12.1 Å². The highest BCUT2D eigenvalue weighted by Crippen LogP contribution is 2.33. The van der Waals surface area contributed by atoms with Gasteiger partial charge in [-0.15, -0.1) is 0 Å². The summed E-state index contributed by atoms with van der Waals surface area (Å²) in [6.07, 6.45) is 1.67. The summed E-state index contributed by atoms with van der Waals surface area (Å²) in [5.41, 5.74) is 0.0307. The van der Waals surface area contributed by atoms with Crippen molar-refractivity contribution in [2.24, 2.45) is 5.41 Å². The second kappa shape index (κ2) is 6.57. The first kappa shape index (κ1) is 13.9. The zero-order valence-electron chi connectivity index (χ0n) is 10.5. The molecule has 0 fully saturated rings. The van der Waals surface area contributed by atoms with E-state index >= 15 is 0 Å². The van der Waals surface area contributed by atoms with Crippen molar-refractivity contribution in [2.45, 2.75) is 32.6 Å². The second-order valence-corrected chi connectivity index (χ2v) is 4.57. The third-order valence-electron chi connectivity index (χ3n) is 3.16. The first-order valence-electron chi connectivity index (χ1n) is 5.98. The Kier molecular flexibility index (Phi) is 5.08. The molecule has 1 aromatic rings. The topological polar surface area (TPSA) is 64.7 Å². The Hall–Kier alpha value is -2.13. The van der Waals surface area contributed by atoms with E-state index in [1.165, 1.54) is 0 Å². The third-order valence-corrected chi connectivity index (χ3v) is 3.16. The highest BCUT2D eigenvalue weighted by molar-refractivity contribution is 6.00. The Morgan fingerprint density at radius 3 is 2.06 bits per heavy atom. The number of nitrogens with zero attached hydrogens (tertiary/aromatic N) is 2. The SMILES string of the molecule is CC(CCC#N)(CCC#N)C(=O)c1ccccc1. The number of carbonyl (C=O) groups excluding carboxylic acids is 1. The molecule has 0 N–H and O–H groups in total. The molecule has 0 unspecified atom stereocenters. The van der Waals surface area contributed by atoms with Crippen LogP contribution in [0.2, 0.25) is 0 Å². The molecule has 3 nitrogen and oxygen atoms in total. The molecule has 1 rings (SSSR count). The largest absolute Gasteiger partial charge is 0.294 e. The summed E-state index contributed by atoms with van der Waals surface area (Å²) < 4.78 is 0. The van der Waals surface area contributed by atoms with Gasteiger partial charge in [0.2, 0.25) is 0 Å². The van der Waals surface area contributed by atoms with Gasteiger partial charge in [0.05, 0.1) is 12.1 Å². The van der Waals surface area contributed by atoms with E-state index in [1.807, 2.05) is 25.1 Å². The van der Waals surface area contributed by atoms with Gasteiger partial charge in [0.1, 0.15) is 0 Å². The lowest BCUT2D eigenvalue weighted by Crippen LogP contribution is -2.28. The molecule has 0 aromatic heterocycles. The summed E-state index contributed by atoms with van der Waals surface area (Å²) in [7, 11) is 0. The monoisotopic (exact) mass is 240 g/mol. The zero-order valence-corrected chi connectivity index (χ0v) is 10.5. The van der Waals surface area contributed by atoms with E-state index in [2.05, 4.69) is 12.1 Å². The number of hydrogen-bond acceptors (Lipinski definition) is 3. The number of carbonyl (C=O) groups is 1. The van der Waals surface area contributed by atoms with E-state index in [0.717, 1.165) is 0 Å². The number of benzene rings is 1. The van der Waals surface area contributed by atoms with E-state index in [0.29, 0.717) is 31.2 Å². The third kappa shape index (κ3) is 3.43. The minimum absolute atomic E-state index is 0.0219. The van der Waals surface area contributed by atoms with E-state index in [9.17, 15) is 4.79 Å². The molecule has 18 heavy (non-hydrogen) atoms. The molecule has 0 heterocycles. The van der Waals surface area contributed by atoms with E-state index in [4.69, 9.17) is 10.5 Å². The van der Waals surface area contributed by atoms with E-state index in [-0.39, 0.29) is 5.78 Å². The molecule has 0 aliphatic rings. The van der Waals surface area contributed by atoms with Gasteiger partial charge in [0.25, 0.3) is 0 Å². The molecule has 92 valence electrons. The predicted molar refractivity (Wildman–Crippen MR) is 68.6 cm³/mol. The summed E-state index contributed by atoms with van der Waals surface area (Å²) in [6.45, 7) is 1.84. The van der Waals surface area contributed by atoms with Crippen LogP contribution in [0.1, 0.15) is 43.0 Å². The first-order chi connectivity index (χ1) is 8.64. The molecule has 0 spiro atoms. The number of Topliss-reactive ketones (excluding diaryl/α,β-unsaturated/α-hetero) is 1. The average Bonchev–Trinajstić information content (AvgIpc) is 2.43. The lowest BCUT2D eigenvalue weighted by atomic mass is 9.75. The standard InChI is InChI=1S/C15H16N2O/c1-15(9-5-11-16,10-6-12-17)14(18)13-7-3-2-4-8-13/h2-4,7-8H,5-6,9-10H2,1H3. The van der Waals surface area contributed by atoms with Crippen LogP contribution in [0.5, 0.6) is 0 Å². The van der Waals surface area contributed by atoms with Crippen LogP contribution in [0.4, 0.5) is 0 Å². The van der Waals surface area contributed by atoms with Crippen molar-refractivity contribution in [3.63, 3.8) is 0 Å². The fourth-order valence-corrected chi connectivity index (χ4v) is 1.95. The molecule has 0 aliphatic heterocycles. The van der Waals surface area contributed by atoms with Gasteiger partial charge in [0.15, 0.2) is 5.78 Å². The van der Waals surface area contributed by atoms with Crippen molar-refractivity contribution in [3.8, 4) is 12.1 Å². The summed E-state index contributed by atoms with van der Waals surface area (Å²) in [5, 5.41) is 17.4. The van der Waals surface area contributed by atoms with Crippen molar-refractivity contribution in [1.82, 2.24) is 0 Å². The number of hydrogen-bond donors (Lipinski definition) is 0. The van der Waals surface area contributed by atoms with Crippen molar-refractivity contribution in [2.75, 3.05) is 0 Å². The maximum absolute atomic E-state index is 12.5. The Bertz CT molecular complexity index is 461. The van der Waals surface area contributed by atoms with Crippen LogP contribution in [0, 0.1) is 28.1 Å². The van der Waals surface area contributed by atoms with Crippen molar-refractivity contribution >= 4 is 5.78 Å². The summed E-state index contributed by atoms with van der Waals surface area (Å²) >= 11 is 0. The molecule has 0 bridgehead atoms. The Balaban J connectivity index is 2.93. The highest BCUT2D eigenvalue weighted by Gasteiger charge is 2.32. The quantitative estimate of drug-likeness (QED) is 0.715. The minimum Gasteiger partial charge on any atom is -0.294 e. The van der Waals surface area contributed by atoms with Gasteiger partial charge in [-0.2, -0.15) is 10.5 Å². The maximum atomic E-state index is 12.5. The lowest BCUT2D eigenvalue weighted by molar-refractivity contribution is 0.0791. The van der Waals surface area contributed by atoms with Gasteiger partial charge >= 0.3 is 0 Å². The highest BCUT2D eigenvalue weighted by atomic mass is 16.1. The maximum Gasteiger partial charge on any atom is 0.168 e. The van der Waals surface area contributed by atoms with Crippen LogP contribution >= 0.6 is 0 Å². The molecule has 0 amide bonds. The summed E-state index contributed by atoms with van der Waals surface area (Å²) in [4.78, 5) is 12.5. The Morgan fingerprint density at radius 2 is 1.61 bits per heavy atom. The van der Waals surface area contributed by atoms with Gasteiger partial charge in [-0.25, -0.2) is 0 Å². The second-order valence-electron chi connectivity index (χ2n) is 4.57. The fourth-order valence-electron chi connectivity index (χ4n) is 1.95. The molecule has 0 atom stereocenters. The van der Waals surface area contributed by atoms with Gasteiger partial charge in [-0.05, 0) is 12.8 Å².